The standard InChI is InChI=1S/C47H48F2N8O6/c1-25(2)40(55-46(61)63-4)44(59)57-24-47(48,49)21-37(57)43-51-33-15-14-31(19-35(33)52-43)28-7-5-26(6-8-28)27-9-11-29(12-10-27)36-22-50-42(53-36)32-20-38(58)39-34(54-45(60)62-3)16-13-30-17-18-56(23-32)41(30)39/h5-12,14-15,17-19,22,25,32,34,37,39-40H,13,16,20-21,23-24H2,1-4H3,(H,50,53)(H,51,52)(H,54,60)(H,55,61)/t32-,34-,37-,39?,40-/m0/s1. The zero-order valence-corrected chi connectivity index (χ0v) is 35.3. The number of aromatic nitrogens is 5. The SMILES string of the molecule is COC(=O)N[C@H]1CCc2ccn3c2C1C(=O)C[C@H](c1ncc(-c2ccc(-c4ccc(-c5ccc6nc([C@@H]7CC(F)(F)CN7C(=O)[C@@H](NC(=O)OC)C(C)C)[nH]c6c5)cc4)cc2)[nH]1)C3. The van der Waals surface area contributed by atoms with Crippen molar-refractivity contribution in [3.8, 4) is 33.5 Å². The number of aryl methyl sites for hydroxylation is 1. The van der Waals surface area contributed by atoms with Crippen molar-refractivity contribution in [3.63, 3.8) is 0 Å². The molecule has 1 saturated heterocycles. The highest BCUT2D eigenvalue weighted by atomic mass is 19.3. The lowest BCUT2D eigenvalue weighted by atomic mass is 9.79. The number of ketones is 1. The fourth-order valence-corrected chi connectivity index (χ4v) is 9.47. The van der Waals surface area contributed by atoms with Crippen molar-refractivity contribution in [2.75, 3.05) is 20.8 Å². The number of carbonyl (C=O) groups is 4. The molecular weight excluding hydrogens is 811 g/mol. The van der Waals surface area contributed by atoms with Gasteiger partial charge in [-0.25, -0.2) is 28.3 Å². The Bertz CT molecular complexity index is 2710. The maximum absolute atomic E-state index is 14.9. The fourth-order valence-electron chi connectivity index (χ4n) is 9.47. The maximum Gasteiger partial charge on any atom is 0.407 e. The molecule has 3 aliphatic rings. The van der Waals surface area contributed by atoms with Gasteiger partial charge in [0.15, 0.2) is 0 Å². The van der Waals surface area contributed by atoms with Crippen LogP contribution in [0.15, 0.2) is 85.2 Å². The first-order valence-corrected chi connectivity index (χ1v) is 21.1. The van der Waals surface area contributed by atoms with Crippen LogP contribution < -0.4 is 10.6 Å². The van der Waals surface area contributed by atoms with Gasteiger partial charge in [-0.15, -0.1) is 0 Å². The number of alkyl carbamates (subject to hydrolysis) is 2. The molecule has 3 aromatic heterocycles. The van der Waals surface area contributed by atoms with Crippen LogP contribution in [0.1, 0.15) is 73.9 Å². The number of amides is 3. The highest BCUT2D eigenvalue weighted by molar-refractivity contribution is 5.89. The number of imidazole rings is 2. The van der Waals surface area contributed by atoms with Crippen molar-refractivity contribution < 1.29 is 37.4 Å². The lowest BCUT2D eigenvalue weighted by molar-refractivity contribution is -0.136. The smallest absolute Gasteiger partial charge is 0.407 e. The Hall–Kier alpha value is -6.84. The molecule has 3 aromatic carbocycles. The number of fused-ring (bicyclic) bond motifs is 1. The molecule has 1 fully saturated rings. The number of rotatable bonds is 9. The average molecular weight is 859 g/mol. The summed E-state index contributed by atoms with van der Waals surface area (Å²) >= 11 is 0. The first kappa shape index (κ1) is 41.5. The highest BCUT2D eigenvalue weighted by Crippen LogP contribution is 2.43. The molecule has 0 radical (unpaired) electrons. The molecule has 0 bridgehead atoms. The summed E-state index contributed by atoms with van der Waals surface area (Å²) in [4.78, 5) is 68.7. The molecular formula is C47H48F2N8O6. The van der Waals surface area contributed by atoms with Gasteiger partial charge in [0.05, 0.1) is 55.6 Å². The number of H-pyrrole nitrogens is 2. The zero-order chi connectivity index (χ0) is 44.2. The van der Waals surface area contributed by atoms with E-state index in [4.69, 9.17) is 9.72 Å². The number of ether oxygens (including phenoxy) is 2. The van der Waals surface area contributed by atoms with Gasteiger partial charge in [-0.1, -0.05) is 68.4 Å². The van der Waals surface area contributed by atoms with Crippen LogP contribution >= 0.6 is 0 Å². The summed E-state index contributed by atoms with van der Waals surface area (Å²) in [5.74, 6) is -3.66. The van der Waals surface area contributed by atoms with Crippen molar-refractivity contribution in [3.05, 3.63) is 108 Å². The Morgan fingerprint density at radius 1 is 0.873 bits per heavy atom. The van der Waals surface area contributed by atoms with E-state index in [-0.39, 0.29) is 29.5 Å². The molecule has 3 amide bonds. The van der Waals surface area contributed by atoms with Crippen molar-refractivity contribution >= 4 is 34.9 Å². The molecule has 0 saturated carbocycles. The first-order chi connectivity index (χ1) is 30.3. The number of carbonyl (C=O) groups excluding carboxylic acids is 4. The van der Waals surface area contributed by atoms with E-state index >= 15 is 0 Å². The number of methoxy groups -OCH3 is 2. The number of likely N-dealkylation sites (tertiary alicyclic amines) is 1. The van der Waals surface area contributed by atoms with E-state index in [0.29, 0.717) is 30.4 Å². The topological polar surface area (TPSA) is 176 Å². The Kier molecular flexibility index (Phi) is 10.8. The van der Waals surface area contributed by atoms with E-state index in [2.05, 4.69) is 53.1 Å². The molecule has 4 N–H and O–H groups in total. The van der Waals surface area contributed by atoms with Crippen molar-refractivity contribution in [2.24, 2.45) is 5.92 Å². The Morgan fingerprint density at radius 2 is 1.54 bits per heavy atom. The average Bonchev–Trinajstić information content (AvgIpc) is 4.08. The summed E-state index contributed by atoms with van der Waals surface area (Å²) in [6.45, 7) is 3.26. The van der Waals surface area contributed by atoms with Crippen LogP contribution in [0.5, 0.6) is 0 Å². The number of alkyl halides is 2. The quantitative estimate of drug-likeness (QED) is 0.114. The molecule has 6 aromatic rings. The van der Waals surface area contributed by atoms with Crippen molar-refractivity contribution in [1.82, 2.24) is 40.0 Å². The number of nitrogens with zero attached hydrogens (tertiary/aromatic N) is 4. The third kappa shape index (κ3) is 8.05. The number of aromatic amines is 2. The normalized spacial score (nSPS) is 20.9. The molecule has 16 heteroatoms. The summed E-state index contributed by atoms with van der Waals surface area (Å²) < 4.78 is 41.5. The lowest BCUT2D eigenvalue weighted by Crippen LogP contribution is -2.51. The molecule has 9 rings (SSSR count). The van der Waals surface area contributed by atoms with Gasteiger partial charge in [0.2, 0.25) is 5.91 Å². The minimum absolute atomic E-state index is 0.0765. The van der Waals surface area contributed by atoms with Crippen LogP contribution in [-0.4, -0.2) is 92.1 Å². The number of hydrogen-bond acceptors (Lipinski definition) is 8. The minimum Gasteiger partial charge on any atom is -0.453 e. The first-order valence-electron chi connectivity index (χ1n) is 21.1. The van der Waals surface area contributed by atoms with Crippen LogP contribution in [0, 0.1) is 5.92 Å². The predicted molar refractivity (Wildman–Crippen MR) is 230 cm³/mol. The van der Waals surface area contributed by atoms with E-state index in [9.17, 15) is 28.0 Å². The van der Waals surface area contributed by atoms with Crippen LogP contribution in [0.4, 0.5) is 18.4 Å². The summed E-state index contributed by atoms with van der Waals surface area (Å²) in [6.07, 6.45) is 3.64. The molecule has 5 heterocycles. The van der Waals surface area contributed by atoms with Crippen molar-refractivity contribution in [2.45, 2.75) is 82.0 Å². The largest absolute Gasteiger partial charge is 0.453 e. The third-order valence-electron chi connectivity index (χ3n) is 12.7. The minimum atomic E-state index is -3.13. The second-order valence-electron chi connectivity index (χ2n) is 17.1. The van der Waals surface area contributed by atoms with Gasteiger partial charge in [0.1, 0.15) is 23.5 Å². The molecule has 63 heavy (non-hydrogen) atoms. The molecule has 5 atom stereocenters. The number of benzene rings is 3. The van der Waals surface area contributed by atoms with Gasteiger partial charge in [0, 0.05) is 43.2 Å². The Balaban J connectivity index is 0.882. The fraction of sp³-hybridized carbons (Fsp3) is 0.362. The summed E-state index contributed by atoms with van der Waals surface area (Å²) in [7, 11) is 2.51. The second-order valence-corrected chi connectivity index (χ2v) is 17.1. The molecule has 326 valence electrons. The van der Waals surface area contributed by atoms with Gasteiger partial charge in [0.25, 0.3) is 5.92 Å². The van der Waals surface area contributed by atoms with Gasteiger partial charge < -0.3 is 39.5 Å². The van der Waals surface area contributed by atoms with E-state index in [0.717, 1.165) is 61.9 Å². The number of nitrogens with one attached hydrogen (secondary N) is 4. The molecule has 14 nitrogen and oxygen atoms in total. The Labute approximate surface area is 361 Å². The maximum atomic E-state index is 14.9. The summed E-state index contributed by atoms with van der Waals surface area (Å²) in [6, 6.07) is 21.6. The third-order valence-corrected chi connectivity index (χ3v) is 12.7. The monoisotopic (exact) mass is 858 g/mol. The summed E-state index contributed by atoms with van der Waals surface area (Å²) in [5, 5.41) is 5.39. The number of Topliss-reactive ketones (excluding diaryl/α,β-unsaturated/α-hetero) is 1. The molecule has 1 aliphatic carbocycles. The van der Waals surface area contributed by atoms with Crippen LogP contribution in [0.25, 0.3) is 44.5 Å². The van der Waals surface area contributed by atoms with Crippen molar-refractivity contribution in [1.29, 1.82) is 0 Å². The zero-order valence-electron chi connectivity index (χ0n) is 35.3. The van der Waals surface area contributed by atoms with Crippen LogP contribution in [0.2, 0.25) is 0 Å². The van der Waals surface area contributed by atoms with E-state index in [1.54, 1.807) is 20.0 Å². The number of halogens is 2. The van der Waals surface area contributed by atoms with E-state index in [1.807, 2.05) is 60.8 Å². The summed E-state index contributed by atoms with van der Waals surface area (Å²) in [5.41, 5.74) is 9.01. The molecule has 0 spiro atoms. The van der Waals surface area contributed by atoms with E-state index < -0.39 is 55.0 Å². The number of hydrogen-bond donors (Lipinski definition) is 4. The van der Waals surface area contributed by atoms with Gasteiger partial charge in [-0.2, -0.15) is 0 Å². The van der Waals surface area contributed by atoms with Gasteiger partial charge in [-0.3, -0.25) is 9.59 Å². The lowest BCUT2D eigenvalue weighted by Gasteiger charge is -2.31. The van der Waals surface area contributed by atoms with Crippen LogP contribution in [-0.2, 0) is 32.0 Å². The Morgan fingerprint density at radius 3 is 2.22 bits per heavy atom. The molecule has 2 aliphatic heterocycles. The predicted octanol–water partition coefficient (Wildman–Crippen LogP) is 7.89. The van der Waals surface area contributed by atoms with Gasteiger partial charge in [-0.05, 0) is 70.3 Å². The van der Waals surface area contributed by atoms with Crippen LogP contribution in [0.3, 0.4) is 0 Å². The molecule has 1 unspecified atom stereocenters. The van der Waals surface area contributed by atoms with E-state index in [1.165, 1.54) is 14.2 Å². The second kappa shape index (κ2) is 16.5. The van der Waals surface area contributed by atoms with Gasteiger partial charge >= 0.3 is 12.2 Å². The highest BCUT2D eigenvalue weighted by Gasteiger charge is 2.50.